The predicted octanol–water partition coefficient (Wildman–Crippen LogP) is 1.42. The van der Waals surface area contributed by atoms with E-state index >= 15 is 0 Å². The van der Waals surface area contributed by atoms with Gasteiger partial charge in [0, 0.05) is 12.0 Å². The van der Waals surface area contributed by atoms with Crippen molar-refractivity contribution in [2.45, 2.75) is 6.42 Å². The van der Waals surface area contributed by atoms with Gasteiger partial charge in [0.25, 0.3) is 0 Å². The summed E-state index contributed by atoms with van der Waals surface area (Å²) in [5.41, 5.74) is 7.75. The number of terminal acetylenes is 1. The van der Waals surface area contributed by atoms with Gasteiger partial charge in [-0.1, -0.05) is 5.92 Å². The van der Waals surface area contributed by atoms with E-state index in [0.717, 1.165) is 5.56 Å². The highest BCUT2D eigenvalue weighted by molar-refractivity contribution is 5.81. The molecule has 3 N–H and O–H groups in total. The van der Waals surface area contributed by atoms with E-state index in [-0.39, 0.29) is 11.5 Å². The average molecular weight is 325 g/mol. The topological polar surface area (TPSA) is 98.9 Å². The molecule has 0 unspecified atom stereocenters. The fourth-order valence-corrected chi connectivity index (χ4v) is 2.61. The Kier molecular flexibility index (Phi) is 3.20. The Bertz CT molecular complexity index is 992. The van der Waals surface area contributed by atoms with Gasteiger partial charge < -0.3 is 20.2 Å². The SMILES string of the molecule is C#Cc1cc2c(cc1Cc1nc3nc(F)nc(N)c3[nH]1)OCCO2. The van der Waals surface area contributed by atoms with Gasteiger partial charge in [0.2, 0.25) is 0 Å². The van der Waals surface area contributed by atoms with Crippen molar-refractivity contribution in [2.75, 3.05) is 18.9 Å². The number of nitrogens with one attached hydrogen (secondary N) is 1. The molecule has 0 saturated carbocycles. The quantitative estimate of drug-likeness (QED) is 0.546. The maximum atomic E-state index is 13.2. The van der Waals surface area contributed by atoms with Crippen LogP contribution in [0.5, 0.6) is 11.5 Å². The summed E-state index contributed by atoms with van der Waals surface area (Å²) in [7, 11) is 0. The molecule has 0 aliphatic carbocycles. The van der Waals surface area contributed by atoms with Crippen LogP contribution in [0.3, 0.4) is 0 Å². The molecule has 1 aliphatic heterocycles. The van der Waals surface area contributed by atoms with Crippen LogP contribution in [-0.4, -0.2) is 33.1 Å². The zero-order valence-electron chi connectivity index (χ0n) is 12.5. The number of hydrogen-bond acceptors (Lipinski definition) is 6. The molecule has 0 fully saturated rings. The predicted molar refractivity (Wildman–Crippen MR) is 84.2 cm³/mol. The Morgan fingerprint density at radius 2 is 1.96 bits per heavy atom. The van der Waals surface area contributed by atoms with Crippen LogP contribution in [0.1, 0.15) is 17.0 Å². The zero-order chi connectivity index (χ0) is 16.7. The van der Waals surface area contributed by atoms with Gasteiger partial charge in [0.1, 0.15) is 24.6 Å². The van der Waals surface area contributed by atoms with Crippen LogP contribution in [-0.2, 0) is 6.42 Å². The maximum absolute atomic E-state index is 13.2. The highest BCUT2D eigenvalue weighted by Crippen LogP contribution is 2.33. The number of halogens is 1. The molecule has 4 rings (SSSR count). The van der Waals surface area contributed by atoms with Gasteiger partial charge in [0.15, 0.2) is 23.0 Å². The smallest absolute Gasteiger partial charge is 0.312 e. The largest absolute Gasteiger partial charge is 0.486 e. The van der Waals surface area contributed by atoms with E-state index in [1.165, 1.54) is 0 Å². The van der Waals surface area contributed by atoms with Crippen LogP contribution < -0.4 is 15.2 Å². The van der Waals surface area contributed by atoms with Gasteiger partial charge in [-0.2, -0.15) is 14.4 Å². The second kappa shape index (κ2) is 5.38. The van der Waals surface area contributed by atoms with E-state index in [2.05, 4.69) is 25.9 Å². The minimum absolute atomic E-state index is 0.00981. The molecule has 1 aromatic carbocycles. The Balaban J connectivity index is 1.75. The van der Waals surface area contributed by atoms with Crippen molar-refractivity contribution in [3.63, 3.8) is 0 Å². The molecule has 0 bridgehead atoms. The first kappa shape index (κ1) is 14.3. The number of nitrogens with two attached hydrogens (primary N) is 1. The normalized spacial score (nSPS) is 13.0. The van der Waals surface area contributed by atoms with Gasteiger partial charge in [-0.25, -0.2) is 4.98 Å². The molecule has 0 saturated heterocycles. The van der Waals surface area contributed by atoms with Crippen molar-refractivity contribution in [3.05, 3.63) is 35.2 Å². The number of nitrogen functional groups attached to an aromatic ring is 1. The molecule has 0 amide bonds. The molecule has 3 heterocycles. The van der Waals surface area contributed by atoms with E-state index in [1.54, 1.807) is 6.07 Å². The summed E-state index contributed by atoms with van der Waals surface area (Å²) in [6, 6.07) is 3.59. The first-order chi connectivity index (χ1) is 11.6. The maximum Gasteiger partial charge on any atom is 0.312 e. The molecule has 0 radical (unpaired) electrons. The number of fused-ring (bicyclic) bond motifs is 2. The molecule has 1 aliphatic rings. The summed E-state index contributed by atoms with van der Waals surface area (Å²) in [5, 5.41) is 0. The first-order valence-electron chi connectivity index (χ1n) is 7.21. The van der Waals surface area contributed by atoms with Crippen molar-refractivity contribution >= 4 is 17.0 Å². The molecule has 0 atom stereocenters. The van der Waals surface area contributed by atoms with Crippen molar-refractivity contribution in [3.8, 4) is 23.8 Å². The van der Waals surface area contributed by atoms with Gasteiger partial charge >= 0.3 is 6.08 Å². The molecule has 2 aromatic heterocycles. The lowest BCUT2D eigenvalue weighted by molar-refractivity contribution is 0.171. The fourth-order valence-electron chi connectivity index (χ4n) is 2.61. The third-order valence-electron chi connectivity index (χ3n) is 3.68. The highest BCUT2D eigenvalue weighted by Gasteiger charge is 2.17. The summed E-state index contributed by atoms with van der Waals surface area (Å²) >= 11 is 0. The van der Waals surface area contributed by atoms with Gasteiger partial charge in [0.05, 0.1) is 0 Å². The number of anilines is 1. The van der Waals surface area contributed by atoms with Gasteiger partial charge in [-0.05, 0) is 17.7 Å². The number of aromatic nitrogens is 4. The third-order valence-corrected chi connectivity index (χ3v) is 3.68. The van der Waals surface area contributed by atoms with Crippen LogP contribution >= 0.6 is 0 Å². The second-order valence-electron chi connectivity index (χ2n) is 5.23. The minimum atomic E-state index is -0.915. The van der Waals surface area contributed by atoms with E-state index < -0.39 is 6.08 Å². The Labute approximate surface area is 136 Å². The lowest BCUT2D eigenvalue weighted by Crippen LogP contribution is -2.16. The lowest BCUT2D eigenvalue weighted by atomic mass is 10.0. The standard InChI is InChI=1S/C16H12FN5O2/c1-2-8-5-10-11(24-4-3-23-10)6-9(8)7-12-19-13-14(18)21-16(17)22-15(13)20-12/h1,5-6H,3-4,7H2,(H3,18,19,20,21,22). The van der Waals surface area contributed by atoms with Crippen molar-refractivity contribution in [1.82, 2.24) is 19.9 Å². The number of rotatable bonds is 2. The number of H-pyrrole nitrogens is 1. The van der Waals surface area contributed by atoms with E-state index in [4.69, 9.17) is 21.6 Å². The van der Waals surface area contributed by atoms with Crippen LogP contribution in [0.15, 0.2) is 12.1 Å². The van der Waals surface area contributed by atoms with Crippen LogP contribution in [0.2, 0.25) is 0 Å². The second-order valence-corrected chi connectivity index (χ2v) is 5.23. The number of benzene rings is 1. The molecule has 7 nitrogen and oxygen atoms in total. The van der Waals surface area contributed by atoms with E-state index in [1.807, 2.05) is 6.07 Å². The minimum Gasteiger partial charge on any atom is -0.486 e. The molecule has 24 heavy (non-hydrogen) atoms. The summed E-state index contributed by atoms with van der Waals surface area (Å²) in [6.45, 7) is 0.974. The molecule has 0 spiro atoms. The summed E-state index contributed by atoms with van der Waals surface area (Å²) in [4.78, 5) is 14.4. The fraction of sp³-hybridized carbons (Fsp3) is 0.188. The van der Waals surface area contributed by atoms with E-state index in [9.17, 15) is 4.39 Å². The van der Waals surface area contributed by atoms with E-state index in [0.29, 0.717) is 48.0 Å². The summed E-state index contributed by atoms with van der Waals surface area (Å²) in [5.74, 6) is 4.45. The molecule has 8 heteroatoms. The Morgan fingerprint density at radius 3 is 2.71 bits per heavy atom. The number of imidazole rings is 1. The summed E-state index contributed by atoms with van der Waals surface area (Å²) in [6.07, 6.45) is 5.06. The molecular weight excluding hydrogens is 313 g/mol. The summed E-state index contributed by atoms with van der Waals surface area (Å²) < 4.78 is 24.3. The number of ether oxygens (including phenoxy) is 2. The number of nitrogens with zero attached hydrogens (tertiary/aromatic N) is 3. The zero-order valence-corrected chi connectivity index (χ0v) is 12.5. The lowest BCUT2D eigenvalue weighted by Gasteiger charge is -2.19. The highest BCUT2D eigenvalue weighted by atomic mass is 19.1. The van der Waals surface area contributed by atoms with Crippen LogP contribution in [0.4, 0.5) is 10.2 Å². The molecular formula is C16H12FN5O2. The van der Waals surface area contributed by atoms with Crippen molar-refractivity contribution in [1.29, 1.82) is 0 Å². The first-order valence-corrected chi connectivity index (χ1v) is 7.21. The van der Waals surface area contributed by atoms with Crippen molar-refractivity contribution in [2.24, 2.45) is 0 Å². The Hall–Kier alpha value is -3.34. The van der Waals surface area contributed by atoms with Crippen molar-refractivity contribution < 1.29 is 13.9 Å². The third kappa shape index (κ3) is 2.36. The van der Waals surface area contributed by atoms with Gasteiger partial charge in [-0.3, -0.25) is 0 Å². The molecule has 120 valence electrons. The Morgan fingerprint density at radius 1 is 1.21 bits per heavy atom. The monoisotopic (exact) mass is 325 g/mol. The average Bonchev–Trinajstić information content (AvgIpc) is 2.97. The van der Waals surface area contributed by atoms with Crippen LogP contribution in [0.25, 0.3) is 11.2 Å². The number of aromatic amines is 1. The molecule has 3 aromatic rings. The van der Waals surface area contributed by atoms with Gasteiger partial charge in [-0.15, -0.1) is 6.42 Å². The van der Waals surface area contributed by atoms with Crippen LogP contribution in [0, 0.1) is 18.4 Å². The number of hydrogen-bond donors (Lipinski definition) is 2.